The van der Waals surface area contributed by atoms with Crippen LogP contribution in [0.1, 0.15) is 25.3 Å². The van der Waals surface area contributed by atoms with E-state index < -0.39 is 17.6 Å². The maximum atomic E-state index is 13.0. The van der Waals surface area contributed by atoms with Crippen LogP contribution in [-0.2, 0) is 20.5 Å². The summed E-state index contributed by atoms with van der Waals surface area (Å²) in [4.78, 5) is 27.7. The number of unbranched alkanes of at least 4 members (excludes halogenated alkanes) is 1. The maximum Gasteiger partial charge on any atom is 0.418 e. The first-order valence-corrected chi connectivity index (χ1v) is 9.36. The topological polar surface area (TPSA) is 61.9 Å². The Kier molecular flexibility index (Phi) is 8.25. The quantitative estimate of drug-likeness (QED) is 0.536. The van der Waals surface area contributed by atoms with Gasteiger partial charge in [-0.05, 0) is 18.6 Å². The smallest absolute Gasteiger partial charge is 0.418 e. The zero-order valence-electron chi connectivity index (χ0n) is 15.9. The standard InChI is InChI=1S/C19H26F3N3O3/c1-2-3-12-28-18(27)14-25-10-8-24(9-11-25)13-17(26)23-16-7-5-4-6-15(16)19(20,21)22/h4-7H,2-3,8-14H2,1H3,(H,23,26). The first-order valence-electron chi connectivity index (χ1n) is 9.36. The van der Waals surface area contributed by atoms with E-state index in [-0.39, 0.29) is 24.7 Å². The van der Waals surface area contributed by atoms with E-state index in [1.807, 2.05) is 16.7 Å². The van der Waals surface area contributed by atoms with Crippen molar-refractivity contribution in [1.82, 2.24) is 9.80 Å². The van der Waals surface area contributed by atoms with Crippen LogP contribution < -0.4 is 5.32 Å². The molecule has 1 aliphatic rings. The number of rotatable bonds is 8. The number of carbonyl (C=O) groups is 2. The van der Waals surface area contributed by atoms with E-state index in [9.17, 15) is 22.8 Å². The number of alkyl halides is 3. The van der Waals surface area contributed by atoms with Crippen LogP contribution in [0, 0.1) is 0 Å². The lowest BCUT2D eigenvalue weighted by Crippen LogP contribution is -2.50. The van der Waals surface area contributed by atoms with Gasteiger partial charge in [-0.2, -0.15) is 13.2 Å². The third-order valence-corrected chi connectivity index (χ3v) is 4.45. The lowest BCUT2D eigenvalue weighted by atomic mass is 10.1. The van der Waals surface area contributed by atoms with Crippen LogP contribution in [0.15, 0.2) is 24.3 Å². The molecular formula is C19H26F3N3O3. The largest absolute Gasteiger partial charge is 0.465 e. The van der Waals surface area contributed by atoms with Gasteiger partial charge in [0.2, 0.25) is 5.91 Å². The summed E-state index contributed by atoms with van der Waals surface area (Å²) >= 11 is 0. The number of halogens is 3. The van der Waals surface area contributed by atoms with E-state index in [0.29, 0.717) is 32.8 Å². The zero-order chi connectivity index (χ0) is 20.6. The Morgan fingerprint density at radius 2 is 1.68 bits per heavy atom. The monoisotopic (exact) mass is 401 g/mol. The highest BCUT2D eigenvalue weighted by Crippen LogP contribution is 2.34. The molecule has 1 aliphatic heterocycles. The number of piperazine rings is 1. The minimum atomic E-state index is -4.53. The number of hydrogen-bond donors (Lipinski definition) is 1. The molecule has 2 rings (SSSR count). The van der Waals surface area contributed by atoms with Crippen molar-refractivity contribution in [2.45, 2.75) is 25.9 Å². The van der Waals surface area contributed by atoms with Gasteiger partial charge in [-0.3, -0.25) is 19.4 Å². The van der Waals surface area contributed by atoms with Gasteiger partial charge in [0.1, 0.15) is 0 Å². The molecule has 1 saturated heterocycles. The molecular weight excluding hydrogens is 375 g/mol. The number of para-hydroxylation sites is 1. The number of esters is 1. The molecule has 156 valence electrons. The van der Waals surface area contributed by atoms with E-state index in [0.717, 1.165) is 18.9 Å². The van der Waals surface area contributed by atoms with Crippen molar-refractivity contribution in [2.75, 3.05) is 51.2 Å². The van der Waals surface area contributed by atoms with E-state index in [4.69, 9.17) is 4.74 Å². The molecule has 1 aromatic rings. The van der Waals surface area contributed by atoms with Crippen LogP contribution in [-0.4, -0.2) is 67.6 Å². The number of nitrogens with one attached hydrogen (secondary N) is 1. The fourth-order valence-electron chi connectivity index (χ4n) is 2.90. The second-order valence-corrected chi connectivity index (χ2v) is 6.72. The average molecular weight is 401 g/mol. The van der Waals surface area contributed by atoms with E-state index in [1.54, 1.807) is 0 Å². The lowest BCUT2D eigenvalue weighted by molar-refractivity contribution is -0.145. The lowest BCUT2D eigenvalue weighted by Gasteiger charge is -2.33. The van der Waals surface area contributed by atoms with Crippen LogP contribution in [0.4, 0.5) is 18.9 Å². The minimum absolute atomic E-state index is 0.000970. The summed E-state index contributed by atoms with van der Waals surface area (Å²) in [5.41, 5.74) is -1.11. The van der Waals surface area contributed by atoms with Crippen LogP contribution >= 0.6 is 0 Å². The van der Waals surface area contributed by atoms with Crippen LogP contribution in [0.2, 0.25) is 0 Å². The fraction of sp³-hybridized carbons (Fsp3) is 0.579. The van der Waals surface area contributed by atoms with Gasteiger partial charge in [-0.25, -0.2) is 0 Å². The molecule has 1 fully saturated rings. The molecule has 1 heterocycles. The average Bonchev–Trinajstić information content (AvgIpc) is 2.63. The van der Waals surface area contributed by atoms with Crippen LogP contribution in [0.3, 0.4) is 0 Å². The van der Waals surface area contributed by atoms with Crippen molar-refractivity contribution < 1.29 is 27.5 Å². The van der Waals surface area contributed by atoms with Crippen LogP contribution in [0.25, 0.3) is 0 Å². The van der Waals surface area contributed by atoms with Crippen molar-refractivity contribution in [3.05, 3.63) is 29.8 Å². The Morgan fingerprint density at radius 3 is 2.29 bits per heavy atom. The molecule has 28 heavy (non-hydrogen) atoms. The van der Waals surface area contributed by atoms with Gasteiger partial charge in [-0.1, -0.05) is 25.5 Å². The number of amides is 1. The zero-order valence-corrected chi connectivity index (χ0v) is 15.9. The van der Waals surface area contributed by atoms with Crippen LogP contribution in [0.5, 0.6) is 0 Å². The number of nitrogens with zero attached hydrogens (tertiary/aromatic N) is 2. The van der Waals surface area contributed by atoms with Crippen molar-refractivity contribution >= 4 is 17.6 Å². The molecule has 0 aliphatic carbocycles. The van der Waals surface area contributed by atoms with Crippen molar-refractivity contribution in [2.24, 2.45) is 0 Å². The van der Waals surface area contributed by atoms with Gasteiger partial charge in [0, 0.05) is 26.2 Å². The molecule has 0 unspecified atom stereocenters. The van der Waals surface area contributed by atoms with Crippen molar-refractivity contribution in [3.63, 3.8) is 0 Å². The number of benzene rings is 1. The molecule has 1 aromatic carbocycles. The second-order valence-electron chi connectivity index (χ2n) is 6.72. The molecule has 0 spiro atoms. The van der Waals surface area contributed by atoms with E-state index >= 15 is 0 Å². The Hall–Kier alpha value is -2.13. The number of ether oxygens (including phenoxy) is 1. The molecule has 6 nitrogen and oxygen atoms in total. The first kappa shape index (κ1) is 22.2. The molecule has 9 heteroatoms. The molecule has 1 amide bonds. The summed E-state index contributed by atoms with van der Waals surface area (Å²) in [6.07, 6.45) is -2.73. The summed E-state index contributed by atoms with van der Waals surface area (Å²) in [6, 6.07) is 4.91. The highest BCUT2D eigenvalue weighted by molar-refractivity contribution is 5.93. The minimum Gasteiger partial charge on any atom is -0.465 e. The summed E-state index contributed by atoms with van der Waals surface area (Å²) in [5, 5.41) is 2.35. The Bertz CT molecular complexity index is 659. The van der Waals surface area contributed by atoms with Gasteiger partial charge >= 0.3 is 12.1 Å². The summed E-state index contributed by atoms with van der Waals surface area (Å²) in [5.74, 6) is -0.757. The molecule has 0 radical (unpaired) electrons. The third-order valence-electron chi connectivity index (χ3n) is 4.45. The SMILES string of the molecule is CCCCOC(=O)CN1CCN(CC(=O)Nc2ccccc2C(F)(F)F)CC1. The normalized spacial score (nSPS) is 16.0. The van der Waals surface area contributed by atoms with Gasteiger partial charge in [0.05, 0.1) is 30.9 Å². The van der Waals surface area contributed by atoms with Gasteiger partial charge in [-0.15, -0.1) is 0 Å². The third kappa shape index (κ3) is 7.12. The molecule has 0 atom stereocenters. The fourth-order valence-corrected chi connectivity index (χ4v) is 2.90. The Morgan fingerprint density at radius 1 is 1.07 bits per heavy atom. The maximum absolute atomic E-state index is 13.0. The number of anilines is 1. The van der Waals surface area contributed by atoms with Crippen molar-refractivity contribution in [3.8, 4) is 0 Å². The summed E-state index contributed by atoms with van der Waals surface area (Å²) in [7, 11) is 0. The Balaban J connectivity index is 1.76. The first-order chi connectivity index (χ1) is 13.3. The highest BCUT2D eigenvalue weighted by Gasteiger charge is 2.33. The van der Waals surface area contributed by atoms with E-state index in [1.165, 1.54) is 18.2 Å². The molecule has 0 aromatic heterocycles. The summed E-state index contributed by atoms with van der Waals surface area (Å²) in [6.45, 7) is 4.95. The Labute approximate surface area is 162 Å². The molecule has 0 bridgehead atoms. The van der Waals surface area contributed by atoms with Crippen molar-refractivity contribution in [1.29, 1.82) is 0 Å². The predicted octanol–water partition coefficient (Wildman–Crippen LogP) is 2.60. The highest BCUT2D eigenvalue weighted by atomic mass is 19.4. The van der Waals surface area contributed by atoms with Gasteiger partial charge < -0.3 is 10.1 Å². The van der Waals surface area contributed by atoms with Gasteiger partial charge in [0.15, 0.2) is 0 Å². The predicted molar refractivity (Wildman–Crippen MR) is 98.8 cm³/mol. The van der Waals surface area contributed by atoms with Gasteiger partial charge in [0.25, 0.3) is 0 Å². The van der Waals surface area contributed by atoms with E-state index in [2.05, 4.69) is 5.32 Å². The second kappa shape index (κ2) is 10.4. The summed E-state index contributed by atoms with van der Waals surface area (Å²) < 4.78 is 44.1. The number of carbonyl (C=O) groups excluding carboxylic acids is 2. The number of hydrogen-bond acceptors (Lipinski definition) is 5. The molecule has 0 saturated carbocycles. The molecule has 1 N–H and O–H groups in total.